The van der Waals surface area contributed by atoms with Crippen LogP contribution >= 0.6 is 15.9 Å². The third-order valence-electron chi connectivity index (χ3n) is 9.49. The molecule has 4 unspecified atom stereocenters. The number of aromatic nitrogens is 2. The number of carbonyl (C=O) groups is 1. The summed E-state index contributed by atoms with van der Waals surface area (Å²) in [5.41, 5.74) is -0.639. The van der Waals surface area contributed by atoms with Gasteiger partial charge in [-0.05, 0) is 81.3 Å². The average Bonchev–Trinajstić information content (AvgIpc) is 3.37. The van der Waals surface area contributed by atoms with Crippen LogP contribution in [0.2, 0.25) is 0 Å². The van der Waals surface area contributed by atoms with Crippen molar-refractivity contribution in [3.8, 4) is 6.01 Å². The van der Waals surface area contributed by atoms with Crippen LogP contribution in [0.3, 0.4) is 0 Å². The Morgan fingerprint density at radius 3 is 2.27 bits per heavy atom. The summed E-state index contributed by atoms with van der Waals surface area (Å²) in [6.45, 7) is 7.31. The molecule has 0 aliphatic carbocycles. The normalized spacial score (nSPS) is 27.7. The molecule has 4 fully saturated rings. The molecule has 4 saturated heterocycles. The lowest BCUT2D eigenvalue weighted by Crippen LogP contribution is -2.57. The van der Waals surface area contributed by atoms with Crippen LogP contribution in [0.25, 0.3) is 10.9 Å². The fourth-order valence-corrected chi connectivity index (χ4v) is 7.75. The van der Waals surface area contributed by atoms with Crippen LogP contribution in [0, 0.1) is 11.6 Å². The Kier molecular flexibility index (Phi) is 8.95. The number of hydrogen-bond donors (Lipinski definition) is 0. The number of anilines is 1. The molecule has 4 aliphatic heterocycles. The molecule has 44 heavy (non-hydrogen) atoms. The zero-order valence-corrected chi connectivity index (χ0v) is 27.6. The van der Waals surface area contributed by atoms with Gasteiger partial charge in [-0.2, -0.15) is 9.97 Å². The van der Waals surface area contributed by atoms with Crippen LogP contribution in [0.15, 0.2) is 10.5 Å². The fourth-order valence-electron chi connectivity index (χ4n) is 7.44. The first kappa shape index (κ1) is 31.6. The molecule has 4 aliphatic rings. The van der Waals surface area contributed by atoms with Crippen molar-refractivity contribution >= 4 is 38.7 Å². The van der Waals surface area contributed by atoms with E-state index in [2.05, 4.69) is 25.8 Å². The van der Waals surface area contributed by atoms with Gasteiger partial charge in [0.05, 0.1) is 22.7 Å². The van der Waals surface area contributed by atoms with E-state index in [9.17, 15) is 9.18 Å². The standard InChI is InChI=1S/C31H42BrF2N5O5/c1-31(2,3)44-30(40)39-19-8-9-20(39)14-37(13-19)28-23-12-24(33)25(32)26(34)27(23)35-29(36-28)43-16-22(42-5)15-38-17-6-7-18(38)11-21(10-17)41-4/h12,17-22H,6-11,13-16H2,1-5H3/t17?,18?,19?,20?,21?,22-/m1/s1. The number of piperazine rings is 1. The van der Waals surface area contributed by atoms with Crippen LogP contribution in [-0.2, 0) is 14.2 Å². The topological polar surface area (TPSA) is 89.5 Å². The van der Waals surface area contributed by atoms with E-state index >= 15 is 4.39 Å². The van der Waals surface area contributed by atoms with Crippen molar-refractivity contribution in [3.05, 3.63) is 22.2 Å². The number of halogens is 3. The molecule has 4 bridgehead atoms. The van der Waals surface area contributed by atoms with E-state index in [1.807, 2.05) is 30.6 Å². The summed E-state index contributed by atoms with van der Waals surface area (Å²) < 4.78 is 53.2. The van der Waals surface area contributed by atoms with E-state index in [1.54, 1.807) is 14.2 Å². The molecule has 0 N–H and O–H groups in total. The number of nitrogens with zero attached hydrogens (tertiary/aromatic N) is 5. The Hall–Kier alpha value is -2.35. The smallest absolute Gasteiger partial charge is 0.410 e. The Morgan fingerprint density at radius 2 is 1.68 bits per heavy atom. The van der Waals surface area contributed by atoms with E-state index < -0.39 is 17.2 Å². The van der Waals surface area contributed by atoms with Crippen LogP contribution in [0.1, 0.15) is 59.3 Å². The van der Waals surface area contributed by atoms with Crippen molar-refractivity contribution in [3.63, 3.8) is 0 Å². The highest BCUT2D eigenvalue weighted by Gasteiger charge is 2.45. The number of fused-ring (bicyclic) bond motifs is 5. The van der Waals surface area contributed by atoms with E-state index in [0.29, 0.717) is 43.6 Å². The molecule has 0 spiro atoms. The van der Waals surface area contributed by atoms with Crippen molar-refractivity contribution in [2.75, 3.05) is 45.4 Å². The maximum atomic E-state index is 15.4. The molecule has 0 saturated carbocycles. The van der Waals surface area contributed by atoms with Gasteiger partial charge in [-0.3, -0.25) is 9.80 Å². The molecule has 5 heterocycles. The highest BCUT2D eigenvalue weighted by Crippen LogP contribution is 2.39. The second-order valence-corrected chi connectivity index (χ2v) is 14.3. The third kappa shape index (κ3) is 6.21. The fraction of sp³-hybridized carbons (Fsp3) is 0.710. The number of hydrogen-bond acceptors (Lipinski definition) is 9. The lowest BCUT2D eigenvalue weighted by molar-refractivity contribution is -0.0299. The SMILES string of the molecule is COC1CC2CCC(C1)N2C[C@H](COc1nc(N2CC3CCC(C2)N3C(=O)OC(C)(C)C)c2cc(F)c(Br)c(F)c2n1)OC. The van der Waals surface area contributed by atoms with E-state index in [4.69, 9.17) is 23.9 Å². The molecule has 10 nitrogen and oxygen atoms in total. The minimum Gasteiger partial charge on any atom is -0.461 e. The zero-order valence-electron chi connectivity index (χ0n) is 26.0. The van der Waals surface area contributed by atoms with Gasteiger partial charge in [0, 0.05) is 51.3 Å². The largest absolute Gasteiger partial charge is 0.461 e. The van der Waals surface area contributed by atoms with Crippen molar-refractivity contribution < 1.29 is 32.5 Å². The lowest BCUT2D eigenvalue weighted by atomic mass is 9.99. The second-order valence-electron chi connectivity index (χ2n) is 13.5. The van der Waals surface area contributed by atoms with Crippen molar-refractivity contribution in [1.29, 1.82) is 0 Å². The number of rotatable bonds is 8. The second kappa shape index (κ2) is 12.4. The first-order chi connectivity index (χ1) is 21.0. The monoisotopic (exact) mass is 681 g/mol. The molecule has 6 rings (SSSR count). The van der Waals surface area contributed by atoms with E-state index in [-0.39, 0.29) is 52.3 Å². The summed E-state index contributed by atoms with van der Waals surface area (Å²) in [7, 11) is 3.44. The van der Waals surface area contributed by atoms with Crippen LogP contribution in [-0.4, -0.2) is 108 Å². The molecule has 1 amide bonds. The van der Waals surface area contributed by atoms with Gasteiger partial charge in [0.2, 0.25) is 0 Å². The molecule has 5 atom stereocenters. The summed E-state index contributed by atoms with van der Waals surface area (Å²) in [6.07, 6.45) is 5.63. The first-order valence-corrected chi connectivity index (χ1v) is 16.3. The lowest BCUT2D eigenvalue weighted by Gasteiger charge is -2.42. The van der Waals surface area contributed by atoms with Crippen molar-refractivity contribution in [2.45, 2.75) is 101 Å². The molecule has 13 heteroatoms. The first-order valence-electron chi connectivity index (χ1n) is 15.5. The van der Waals surface area contributed by atoms with E-state index in [0.717, 1.165) is 38.5 Å². The number of methoxy groups -OCH3 is 2. The Bertz CT molecular complexity index is 1370. The quantitative estimate of drug-likeness (QED) is 0.345. The third-order valence-corrected chi connectivity index (χ3v) is 10.2. The maximum Gasteiger partial charge on any atom is 0.410 e. The van der Waals surface area contributed by atoms with Gasteiger partial charge < -0.3 is 23.8 Å². The minimum atomic E-state index is -0.815. The van der Waals surface area contributed by atoms with Crippen LogP contribution in [0.4, 0.5) is 19.4 Å². The number of benzene rings is 1. The summed E-state index contributed by atoms with van der Waals surface area (Å²) in [5.74, 6) is -1.18. The number of amides is 1. The highest BCUT2D eigenvalue weighted by molar-refractivity contribution is 9.10. The molecule has 1 aromatic heterocycles. The molecular weight excluding hydrogens is 640 g/mol. The zero-order chi connectivity index (χ0) is 31.3. The number of carbonyl (C=O) groups excluding carboxylic acids is 1. The molecule has 1 aromatic carbocycles. The minimum absolute atomic E-state index is 0.00469. The van der Waals surface area contributed by atoms with Gasteiger partial charge in [-0.25, -0.2) is 13.6 Å². The Labute approximate surface area is 265 Å². The summed E-state index contributed by atoms with van der Waals surface area (Å²) in [5, 5.41) is 0.251. The van der Waals surface area contributed by atoms with Crippen molar-refractivity contribution in [2.24, 2.45) is 0 Å². The van der Waals surface area contributed by atoms with Gasteiger partial charge >= 0.3 is 12.1 Å². The van der Waals surface area contributed by atoms with Crippen LogP contribution in [0.5, 0.6) is 6.01 Å². The summed E-state index contributed by atoms with van der Waals surface area (Å²) in [4.78, 5) is 28.4. The predicted molar refractivity (Wildman–Crippen MR) is 164 cm³/mol. The molecule has 2 aromatic rings. The van der Waals surface area contributed by atoms with Crippen molar-refractivity contribution in [1.82, 2.24) is 19.8 Å². The Morgan fingerprint density at radius 1 is 1.05 bits per heavy atom. The number of piperidine rings is 1. The molecule has 242 valence electrons. The molecule has 0 radical (unpaired) electrons. The summed E-state index contributed by atoms with van der Waals surface area (Å²) >= 11 is 3.02. The van der Waals surface area contributed by atoms with Gasteiger partial charge in [-0.15, -0.1) is 0 Å². The predicted octanol–water partition coefficient (Wildman–Crippen LogP) is 5.29. The van der Waals surface area contributed by atoms with Gasteiger partial charge in [0.15, 0.2) is 5.82 Å². The highest BCUT2D eigenvalue weighted by atomic mass is 79.9. The summed E-state index contributed by atoms with van der Waals surface area (Å²) in [6, 6.07) is 1.93. The average molecular weight is 683 g/mol. The molecular formula is C31H42BrF2N5O5. The Balaban J connectivity index is 1.23. The maximum absolute atomic E-state index is 15.4. The van der Waals surface area contributed by atoms with Gasteiger partial charge in [0.1, 0.15) is 35.5 Å². The van der Waals surface area contributed by atoms with Crippen LogP contribution < -0.4 is 9.64 Å². The van der Waals surface area contributed by atoms with Gasteiger partial charge in [-0.1, -0.05) is 0 Å². The van der Waals surface area contributed by atoms with Gasteiger partial charge in [0.25, 0.3) is 0 Å². The van der Waals surface area contributed by atoms with E-state index in [1.165, 1.54) is 6.07 Å². The number of ether oxygens (including phenoxy) is 4.